The van der Waals surface area contributed by atoms with Crippen molar-refractivity contribution >= 4 is 5.69 Å². The summed E-state index contributed by atoms with van der Waals surface area (Å²) in [5, 5.41) is 19.4. The van der Waals surface area contributed by atoms with Gasteiger partial charge in [0.2, 0.25) is 0 Å². The first-order valence-electron chi connectivity index (χ1n) is 4.61. The molecule has 0 aromatic heterocycles. The molecule has 2 unspecified atom stereocenters. The Morgan fingerprint density at radius 2 is 1.73 bits per heavy atom. The van der Waals surface area contributed by atoms with E-state index in [1.165, 1.54) is 12.2 Å². The van der Waals surface area contributed by atoms with Crippen molar-refractivity contribution < 1.29 is 10.2 Å². The number of benzene rings is 1. The second-order valence-corrected chi connectivity index (χ2v) is 3.21. The summed E-state index contributed by atoms with van der Waals surface area (Å²) in [5.41, 5.74) is 7.21. The van der Waals surface area contributed by atoms with Gasteiger partial charge in [-0.2, -0.15) is 0 Å². The number of hydrogen-bond donors (Lipinski definition) is 3. The fourth-order valence-electron chi connectivity index (χ4n) is 1.45. The minimum absolute atomic E-state index is 0.431. The summed E-state index contributed by atoms with van der Waals surface area (Å²) in [4.78, 5) is 0. The second kappa shape index (κ2) is 4.77. The standard InChI is InChI=1S/C12H15NO2/c1-3-10(14)8-6-5-7-9(13)12(8)11(15)4-2/h3-7,10-11,14-15H,1-2,13H2. The summed E-state index contributed by atoms with van der Waals surface area (Å²) >= 11 is 0. The normalized spacial score (nSPS) is 14.3. The van der Waals surface area contributed by atoms with E-state index in [2.05, 4.69) is 13.2 Å². The lowest BCUT2D eigenvalue weighted by atomic mass is 9.96. The number of nitrogens with two attached hydrogens (primary N) is 1. The van der Waals surface area contributed by atoms with E-state index in [9.17, 15) is 10.2 Å². The predicted molar refractivity (Wildman–Crippen MR) is 61.2 cm³/mol. The van der Waals surface area contributed by atoms with Crippen molar-refractivity contribution in [3.63, 3.8) is 0 Å². The highest BCUT2D eigenvalue weighted by Gasteiger charge is 2.16. The SMILES string of the molecule is C=CC(O)c1cccc(N)c1C(O)C=C. The van der Waals surface area contributed by atoms with Crippen LogP contribution in [0.2, 0.25) is 0 Å². The Labute approximate surface area is 89.2 Å². The number of nitrogen functional groups attached to an aromatic ring is 1. The van der Waals surface area contributed by atoms with E-state index in [-0.39, 0.29) is 0 Å². The first-order chi connectivity index (χ1) is 7.11. The maximum absolute atomic E-state index is 9.69. The lowest BCUT2D eigenvalue weighted by molar-refractivity contribution is 0.206. The minimum atomic E-state index is -0.879. The third-order valence-corrected chi connectivity index (χ3v) is 2.23. The molecule has 0 radical (unpaired) electrons. The molecule has 0 saturated carbocycles. The van der Waals surface area contributed by atoms with Gasteiger partial charge in [-0.25, -0.2) is 0 Å². The summed E-state index contributed by atoms with van der Waals surface area (Å²) < 4.78 is 0. The van der Waals surface area contributed by atoms with Crippen LogP contribution in [0.3, 0.4) is 0 Å². The molecule has 3 heteroatoms. The van der Waals surface area contributed by atoms with Gasteiger partial charge in [0.15, 0.2) is 0 Å². The molecule has 1 aromatic rings. The van der Waals surface area contributed by atoms with E-state index in [4.69, 9.17) is 5.73 Å². The molecule has 0 heterocycles. The van der Waals surface area contributed by atoms with Crippen LogP contribution in [0.5, 0.6) is 0 Å². The molecule has 0 aliphatic rings. The summed E-state index contributed by atoms with van der Waals surface area (Å²) in [6.07, 6.45) is 1.04. The van der Waals surface area contributed by atoms with Crippen molar-refractivity contribution in [2.75, 3.05) is 5.73 Å². The zero-order chi connectivity index (χ0) is 11.4. The third kappa shape index (κ3) is 2.26. The highest BCUT2D eigenvalue weighted by molar-refractivity contribution is 5.54. The van der Waals surface area contributed by atoms with Gasteiger partial charge in [-0.3, -0.25) is 0 Å². The van der Waals surface area contributed by atoms with Gasteiger partial charge in [0.1, 0.15) is 0 Å². The average Bonchev–Trinajstić information content (AvgIpc) is 2.26. The van der Waals surface area contributed by atoms with Gasteiger partial charge in [-0.1, -0.05) is 24.3 Å². The maximum atomic E-state index is 9.69. The molecular weight excluding hydrogens is 190 g/mol. The molecule has 0 aliphatic heterocycles. The zero-order valence-electron chi connectivity index (χ0n) is 8.43. The van der Waals surface area contributed by atoms with Gasteiger partial charge < -0.3 is 15.9 Å². The molecule has 3 nitrogen and oxygen atoms in total. The molecular formula is C12H15NO2. The molecule has 0 amide bonds. The summed E-state index contributed by atoms with van der Waals surface area (Å²) in [6.45, 7) is 6.99. The topological polar surface area (TPSA) is 66.5 Å². The van der Waals surface area contributed by atoms with Crippen LogP contribution in [0.25, 0.3) is 0 Å². The van der Waals surface area contributed by atoms with Crippen molar-refractivity contribution in [3.05, 3.63) is 54.6 Å². The van der Waals surface area contributed by atoms with Crippen LogP contribution >= 0.6 is 0 Å². The Balaban J connectivity index is 3.31. The van der Waals surface area contributed by atoms with Crippen LogP contribution in [-0.4, -0.2) is 10.2 Å². The summed E-state index contributed by atoms with van der Waals surface area (Å²) in [6, 6.07) is 5.09. The fraction of sp³-hybridized carbons (Fsp3) is 0.167. The number of aliphatic hydroxyl groups excluding tert-OH is 2. The third-order valence-electron chi connectivity index (χ3n) is 2.23. The van der Waals surface area contributed by atoms with Crippen molar-refractivity contribution in [1.29, 1.82) is 0 Å². The van der Waals surface area contributed by atoms with Crippen LogP contribution < -0.4 is 5.73 Å². The average molecular weight is 205 g/mol. The van der Waals surface area contributed by atoms with Gasteiger partial charge in [-0.15, -0.1) is 13.2 Å². The molecule has 2 atom stereocenters. The van der Waals surface area contributed by atoms with Crippen LogP contribution in [0, 0.1) is 0 Å². The summed E-state index contributed by atoms with van der Waals surface area (Å²) in [7, 11) is 0. The van der Waals surface area contributed by atoms with Crippen molar-refractivity contribution in [2.45, 2.75) is 12.2 Å². The maximum Gasteiger partial charge on any atom is 0.0992 e. The Bertz CT molecular complexity index is 374. The van der Waals surface area contributed by atoms with E-state index in [0.717, 1.165) is 0 Å². The van der Waals surface area contributed by atoms with Crippen LogP contribution in [-0.2, 0) is 0 Å². The molecule has 1 aromatic carbocycles. The quantitative estimate of drug-likeness (QED) is 0.518. The Kier molecular flexibility index (Phi) is 3.66. The Morgan fingerprint density at radius 3 is 2.27 bits per heavy atom. The lowest BCUT2D eigenvalue weighted by Gasteiger charge is -2.17. The van der Waals surface area contributed by atoms with Crippen molar-refractivity contribution in [1.82, 2.24) is 0 Å². The second-order valence-electron chi connectivity index (χ2n) is 3.21. The number of anilines is 1. The highest BCUT2D eigenvalue weighted by atomic mass is 16.3. The van der Waals surface area contributed by atoms with Crippen LogP contribution in [0.15, 0.2) is 43.5 Å². The molecule has 1 rings (SSSR count). The molecule has 0 bridgehead atoms. The minimum Gasteiger partial charge on any atom is -0.398 e. The van der Waals surface area contributed by atoms with E-state index in [0.29, 0.717) is 16.8 Å². The van der Waals surface area contributed by atoms with E-state index in [1.807, 2.05) is 0 Å². The molecule has 0 aliphatic carbocycles. The number of hydrogen-bond acceptors (Lipinski definition) is 3. The summed E-state index contributed by atoms with van der Waals surface area (Å²) in [5.74, 6) is 0. The van der Waals surface area contributed by atoms with Gasteiger partial charge >= 0.3 is 0 Å². The molecule has 0 fully saturated rings. The highest BCUT2D eigenvalue weighted by Crippen LogP contribution is 2.29. The molecule has 4 N–H and O–H groups in total. The van der Waals surface area contributed by atoms with Crippen LogP contribution in [0.4, 0.5) is 5.69 Å². The first-order valence-corrected chi connectivity index (χ1v) is 4.61. The van der Waals surface area contributed by atoms with Gasteiger partial charge in [0.25, 0.3) is 0 Å². The Morgan fingerprint density at radius 1 is 1.13 bits per heavy atom. The number of aliphatic hydroxyl groups is 2. The van der Waals surface area contributed by atoms with E-state index in [1.54, 1.807) is 18.2 Å². The number of rotatable bonds is 4. The predicted octanol–water partition coefficient (Wildman–Crippen LogP) is 1.71. The fourth-order valence-corrected chi connectivity index (χ4v) is 1.45. The van der Waals surface area contributed by atoms with Crippen molar-refractivity contribution in [2.24, 2.45) is 0 Å². The molecule has 15 heavy (non-hydrogen) atoms. The van der Waals surface area contributed by atoms with E-state index < -0.39 is 12.2 Å². The zero-order valence-corrected chi connectivity index (χ0v) is 8.43. The monoisotopic (exact) mass is 205 g/mol. The Hall–Kier alpha value is -1.58. The molecule has 80 valence electrons. The lowest BCUT2D eigenvalue weighted by Crippen LogP contribution is -2.07. The van der Waals surface area contributed by atoms with Crippen LogP contribution in [0.1, 0.15) is 23.3 Å². The van der Waals surface area contributed by atoms with Gasteiger partial charge in [0.05, 0.1) is 12.2 Å². The van der Waals surface area contributed by atoms with Gasteiger partial charge in [-0.05, 0) is 11.6 Å². The smallest absolute Gasteiger partial charge is 0.0992 e. The van der Waals surface area contributed by atoms with Crippen molar-refractivity contribution in [3.8, 4) is 0 Å². The molecule has 0 saturated heterocycles. The van der Waals surface area contributed by atoms with Gasteiger partial charge in [0, 0.05) is 11.3 Å². The first kappa shape index (κ1) is 11.5. The molecule has 0 spiro atoms. The van der Waals surface area contributed by atoms with E-state index >= 15 is 0 Å². The largest absolute Gasteiger partial charge is 0.398 e.